The summed E-state index contributed by atoms with van der Waals surface area (Å²) in [5.41, 5.74) is 1.36. The highest BCUT2D eigenvalue weighted by molar-refractivity contribution is 7.17. The average molecular weight is 434 g/mol. The van der Waals surface area contributed by atoms with Crippen molar-refractivity contribution in [3.05, 3.63) is 98.1 Å². The second-order valence-electron chi connectivity index (χ2n) is 7.01. The van der Waals surface area contributed by atoms with Crippen LogP contribution in [0.3, 0.4) is 0 Å². The van der Waals surface area contributed by atoms with Crippen molar-refractivity contribution in [2.45, 2.75) is 13.5 Å². The first kappa shape index (κ1) is 19.1. The van der Waals surface area contributed by atoms with E-state index in [-0.39, 0.29) is 18.1 Å². The summed E-state index contributed by atoms with van der Waals surface area (Å²) in [6.07, 6.45) is 0. The van der Waals surface area contributed by atoms with Gasteiger partial charge in [0.2, 0.25) is 11.7 Å². The molecule has 3 heterocycles. The number of aryl methyl sites for hydroxylation is 1. The first-order chi connectivity index (χ1) is 15.0. The molecular formula is C22H15FN4O3S. The lowest BCUT2D eigenvalue weighted by Gasteiger charge is -2.10. The molecule has 0 N–H and O–H groups in total. The van der Waals surface area contributed by atoms with Crippen LogP contribution in [0.25, 0.3) is 27.3 Å². The molecule has 31 heavy (non-hydrogen) atoms. The standard InChI is InChI=1S/C22H15FN4O3S/c1-13-4-2-5-14(10-13)20-24-18(30-25-20)12-26-17-8-9-31-19(17)21(28)27(22(26)29)16-7-3-6-15(23)11-16/h2-11H,12H2,1H3. The summed E-state index contributed by atoms with van der Waals surface area (Å²) >= 11 is 1.21. The van der Waals surface area contributed by atoms with Crippen LogP contribution in [0, 0.1) is 12.7 Å². The van der Waals surface area contributed by atoms with E-state index in [2.05, 4.69) is 10.1 Å². The fourth-order valence-electron chi connectivity index (χ4n) is 3.44. The van der Waals surface area contributed by atoms with E-state index in [1.165, 1.54) is 34.1 Å². The van der Waals surface area contributed by atoms with Gasteiger partial charge in [0.25, 0.3) is 5.56 Å². The molecule has 7 nitrogen and oxygen atoms in total. The minimum absolute atomic E-state index is 0.0273. The summed E-state index contributed by atoms with van der Waals surface area (Å²) in [6, 6.07) is 14.7. The van der Waals surface area contributed by atoms with Crippen LogP contribution in [0.5, 0.6) is 0 Å². The number of fused-ring (bicyclic) bond motifs is 1. The van der Waals surface area contributed by atoms with Crippen molar-refractivity contribution in [2.24, 2.45) is 0 Å². The SMILES string of the molecule is Cc1cccc(-c2noc(Cn3c(=O)n(-c4cccc(F)c4)c(=O)c4sccc43)n2)c1. The molecule has 0 saturated carbocycles. The molecule has 0 amide bonds. The molecular weight excluding hydrogens is 419 g/mol. The molecule has 0 aliphatic rings. The minimum Gasteiger partial charge on any atom is -0.337 e. The second-order valence-corrected chi connectivity index (χ2v) is 7.92. The third-order valence-electron chi connectivity index (χ3n) is 4.86. The molecule has 0 unspecified atom stereocenters. The van der Waals surface area contributed by atoms with Crippen LogP contribution < -0.4 is 11.2 Å². The van der Waals surface area contributed by atoms with Crippen molar-refractivity contribution in [2.75, 3.05) is 0 Å². The van der Waals surface area contributed by atoms with Crippen molar-refractivity contribution in [3.8, 4) is 17.1 Å². The normalized spacial score (nSPS) is 11.3. The van der Waals surface area contributed by atoms with Gasteiger partial charge in [-0.05, 0) is 42.6 Å². The van der Waals surface area contributed by atoms with E-state index in [1.54, 1.807) is 11.4 Å². The maximum absolute atomic E-state index is 13.8. The van der Waals surface area contributed by atoms with Gasteiger partial charge in [-0.3, -0.25) is 9.36 Å². The van der Waals surface area contributed by atoms with E-state index >= 15 is 0 Å². The Morgan fingerprint density at radius 2 is 1.94 bits per heavy atom. The van der Waals surface area contributed by atoms with E-state index in [1.807, 2.05) is 31.2 Å². The Morgan fingerprint density at radius 1 is 1.10 bits per heavy atom. The zero-order valence-electron chi connectivity index (χ0n) is 16.3. The Kier molecular flexibility index (Phi) is 4.59. The minimum atomic E-state index is -0.614. The molecule has 0 aliphatic heterocycles. The third-order valence-corrected chi connectivity index (χ3v) is 5.75. The number of nitrogens with zero attached hydrogens (tertiary/aromatic N) is 4. The van der Waals surface area contributed by atoms with Gasteiger partial charge in [-0.2, -0.15) is 4.98 Å². The van der Waals surface area contributed by atoms with Gasteiger partial charge in [0, 0.05) is 5.56 Å². The topological polar surface area (TPSA) is 82.9 Å². The van der Waals surface area contributed by atoms with Crippen LogP contribution in [-0.4, -0.2) is 19.3 Å². The van der Waals surface area contributed by atoms with Crippen molar-refractivity contribution in [3.63, 3.8) is 0 Å². The van der Waals surface area contributed by atoms with Crippen LogP contribution in [-0.2, 0) is 6.54 Å². The quantitative estimate of drug-likeness (QED) is 0.430. The third kappa shape index (κ3) is 3.38. The number of aromatic nitrogens is 4. The summed E-state index contributed by atoms with van der Waals surface area (Å²) in [6.45, 7) is 1.94. The van der Waals surface area contributed by atoms with Crippen LogP contribution in [0.15, 0.2) is 74.1 Å². The highest BCUT2D eigenvalue weighted by Crippen LogP contribution is 2.20. The van der Waals surface area contributed by atoms with Crippen molar-refractivity contribution in [1.82, 2.24) is 19.3 Å². The van der Waals surface area contributed by atoms with E-state index in [4.69, 9.17) is 4.52 Å². The van der Waals surface area contributed by atoms with Crippen molar-refractivity contribution in [1.29, 1.82) is 0 Å². The molecule has 5 aromatic rings. The molecule has 0 aliphatic carbocycles. The molecule has 9 heteroatoms. The summed E-state index contributed by atoms with van der Waals surface area (Å²) < 4.78 is 21.8. The molecule has 0 fully saturated rings. The van der Waals surface area contributed by atoms with Crippen molar-refractivity contribution >= 4 is 21.6 Å². The van der Waals surface area contributed by atoms with Gasteiger partial charge in [0.05, 0.1) is 11.2 Å². The van der Waals surface area contributed by atoms with Gasteiger partial charge >= 0.3 is 5.69 Å². The fraction of sp³-hybridized carbons (Fsp3) is 0.0909. The molecule has 0 saturated heterocycles. The second kappa shape index (κ2) is 7.44. The van der Waals surface area contributed by atoms with E-state index in [0.29, 0.717) is 16.0 Å². The first-order valence-electron chi connectivity index (χ1n) is 9.40. The Bertz CT molecular complexity index is 1550. The largest absolute Gasteiger partial charge is 0.337 e. The number of hydrogen-bond donors (Lipinski definition) is 0. The Labute approximate surface area is 178 Å². The zero-order valence-corrected chi connectivity index (χ0v) is 17.1. The Morgan fingerprint density at radius 3 is 2.74 bits per heavy atom. The first-order valence-corrected chi connectivity index (χ1v) is 10.3. The van der Waals surface area contributed by atoms with E-state index in [9.17, 15) is 14.0 Å². The van der Waals surface area contributed by atoms with Crippen LogP contribution in [0.1, 0.15) is 11.5 Å². The van der Waals surface area contributed by atoms with Gasteiger partial charge < -0.3 is 4.52 Å². The highest BCUT2D eigenvalue weighted by atomic mass is 32.1. The lowest BCUT2D eigenvalue weighted by Crippen LogP contribution is -2.38. The summed E-state index contributed by atoms with van der Waals surface area (Å²) in [7, 11) is 0. The summed E-state index contributed by atoms with van der Waals surface area (Å²) in [5.74, 6) is 0.0867. The van der Waals surface area contributed by atoms with Gasteiger partial charge in [-0.1, -0.05) is 35.0 Å². The van der Waals surface area contributed by atoms with E-state index < -0.39 is 17.1 Å². The smallest absolute Gasteiger partial charge is 0.336 e. The average Bonchev–Trinajstić information content (AvgIpc) is 3.41. The molecule has 0 atom stereocenters. The van der Waals surface area contributed by atoms with Crippen LogP contribution in [0.2, 0.25) is 0 Å². The molecule has 2 aromatic carbocycles. The number of hydrogen-bond acceptors (Lipinski definition) is 6. The maximum atomic E-state index is 13.8. The highest BCUT2D eigenvalue weighted by Gasteiger charge is 2.18. The maximum Gasteiger partial charge on any atom is 0.336 e. The predicted molar refractivity (Wildman–Crippen MR) is 115 cm³/mol. The number of halogens is 1. The lowest BCUT2D eigenvalue weighted by atomic mass is 10.1. The zero-order chi connectivity index (χ0) is 21.5. The van der Waals surface area contributed by atoms with Gasteiger partial charge in [-0.15, -0.1) is 11.3 Å². The lowest BCUT2D eigenvalue weighted by molar-refractivity contribution is 0.370. The summed E-state index contributed by atoms with van der Waals surface area (Å²) in [5, 5.41) is 5.74. The Balaban J connectivity index is 1.64. The monoisotopic (exact) mass is 434 g/mol. The molecule has 154 valence electrons. The molecule has 0 bridgehead atoms. The van der Waals surface area contributed by atoms with E-state index in [0.717, 1.165) is 21.8 Å². The fourth-order valence-corrected chi connectivity index (χ4v) is 4.26. The van der Waals surface area contributed by atoms with Gasteiger partial charge in [0.15, 0.2) is 0 Å². The van der Waals surface area contributed by atoms with Gasteiger partial charge in [0.1, 0.15) is 17.1 Å². The molecule has 0 spiro atoms. The van der Waals surface area contributed by atoms with Crippen LogP contribution in [0.4, 0.5) is 4.39 Å². The Hall–Kier alpha value is -3.85. The number of rotatable bonds is 4. The van der Waals surface area contributed by atoms with Gasteiger partial charge in [-0.25, -0.2) is 13.8 Å². The van der Waals surface area contributed by atoms with Crippen LogP contribution >= 0.6 is 11.3 Å². The van der Waals surface area contributed by atoms with Crippen molar-refractivity contribution < 1.29 is 8.91 Å². The molecule has 0 radical (unpaired) electrons. The molecule has 5 rings (SSSR count). The number of thiophene rings is 1. The number of benzene rings is 2. The predicted octanol–water partition coefficient (Wildman–Crippen LogP) is 3.76. The summed E-state index contributed by atoms with van der Waals surface area (Å²) in [4.78, 5) is 30.6. The molecule has 3 aromatic heterocycles.